The molecule has 2 saturated carbocycles. The van der Waals surface area contributed by atoms with E-state index in [1.54, 1.807) is 0 Å². The zero-order valence-electron chi connectivity index (χ0n) is 12.3. The van der Waals surface area contributed by atoms with Crippen LogP contribution in [0.3, 0.4) is 0 Å². The first kappa shape index (κ1) is 13.4. The molecule has 0 heterocycles. The number of halogens is 1. The molecule has 0 bridgehead atoms. The van der Waals surface area contributed by atoms with E-state index in [1.807, 2.05) is 6.08 Å². The van der Waals surface area contributed by atoms with Gasteiger partial charge in [0.2, 0.25) is 0 Å². The maximum absolute atomic E-state index is 13.8. The Balaban J connectivity index is 1.71. The van der Waals surface area contributed by atoms with Crippen LogP contribution in [0.5, 0.6) is 0 Å². The predicted molar refractivity (Wildman–Crippen MR) is 77.3 cm³/mol. The molecule has 0 radical (unpaired) electrons. The normalized spacial score (nSPS) is 48.5. The van der Waals surface area contributed by atoms with Crippen molar-refractivity contribution in [2.75, 3.05) is 0 Å². The molecule has 6 atom stereocenters. The van der Waals surface area contributed by atoms with Gasteiger partial charge in [0.15, 0.2) is 12.0 Å². The largest absolute Gasteiger partial charge is 0.299 e. The van der Waals surface area contributed by atoms with Gasteiger partial charge >= 0.3 is 0 Å². The van der Waals surface area contributed by atoms with Gasteiger partial charge in [0.25, 0.3) is 0 Å². The maximum atomic E-state index is 13.8. The summed E-state index contributed by atoms with van der Waals surface area (Å²) < 4.78 is 13.8. The summed E-state index contributed by atoms with van der Waals surface area (Å²) in [6, 6.07) is 0. The number of ketones is 2. The lowest BCUT2D eigenvalue weighted by Crippen LogP contribution is -2.46. The molecule has 21 heavy (non-hydrogen) atoms. The first-order valence-electron chi connectivity index (χ1n) is 8.12. The average molecular weight is 288 g/mol. The van der Waals surface area contributed by atoms with Crippen molar-refractivity contribution in [3.05, 3.63) is 23.8 Å². The lowest BCUT2D eigenvalue weighted by atomic mass is 9.54. The molecular weight excluding hydrogens is 267 g/mol. The van der Waals surface area contributed by atoms with E-state index in [2.05, 4.69) is 13.0 Å². The van der Waals surface area contributed by atoms with E-state index in [-0.39, 0.29) is 17.1 Å². The van der Waals surface area contributed by atoms with Crippen LogP contribution in [0.25, 0.3) is 0 Å². The Labute approximate surface area is 124 Å². The fourth-order valence-electron chi connectivity index (χ4n) is 5.40. The molecule has 0 unspecified atom stereocenters. The Morgan fingerprint density at radius 3 is 2.90 bits per heavy atom. The number of hydrogen-bond acceptors (Lipinski definition) is 2. The van der Waals surface area contributed by atoms with Gasteiger partial charge in [-0.25, -0.2) is 4.39 Å². The van der Waals surface area contributed by atoms with Crippen molar-refractivity contribution in [1.82, 2.24) is 0 Å². The molecule has 4 rings (SSSR count). The summed E-state index contributed by atoms with van der Waals surface area (Å²) in [6.07, 6.45) is 8.36. The molecule has 4 aliphatic carbocycles. The van der Waals surface area contributed by atoms with E-state index >= 15 is 0 Å². The summed E-state index contributed by atoms with van der Waals surface area (Å²) in [5.41, 5.74) is 0.856. The number of allylic oxidation sites excluding steroid dienone is 4. The van der Waals surface area contributed by atoms with Crippen LogP contribution in [0.2, 0.25) is 0 Å². The summed E-state index contributed by atoms with van der Waals surface area (Å²) in [6.45, 7) is 2.13. The third kappa shape index (κ3) is 1.75. The van der Waals surface area contributed by atoms with E-state index < -0.39 is 6.17 Å². The van der Waals surface area contributed by atoms with Crippen molar-refractivity contribution in [1.29, 1.82) is 0 Å². The number of carbonyl (C=O) groups is 2. The third-order valence-corrected chi connectivity index (χ3v) is 6.63. The number of Topliss-reactive ketones (excluding diaryl/α,β-unsaturated/α-hetero) is 1. The molecule has 4 aliphatic rings. The van der Waals surface area contributed by atoms with Gasteiger partial charge in [0.05, 0.1) is 0 Å². The molecule has 0 aromatic rings. The molecule has 0 aliphatic heterocycles. The minimum atomic E-state index is -1.33. The number of rotatable bonds is 0. The van der Waals surface area contributed by atoms with E-state index in [0.717, 1.165) is 24.8 Å². The molecular formula is C18H21FO2. The number of fused-ring (bicyclic) bond motifs is 5. The number of alkyl halides is 1. The van der Waals surface area contributed by atoms with Crippen LogP contribution in [-0.4, -0.2) is 17.7 Å². The van der Waals surface area contributed by atoms with Crippen LogP contribution in [0.4, 0.5) is 4.39 Å². The highest BCUT2D eigenvalue weighted by Crippen LogP contribution is 2.58. The van der Waals surface area contributed by atoms with Crippen LogP contribution in [-0.2, 0) is 9.59 Å². The minimum absolute atomic E-state index is 0.160. The first-order valence-corrected chi connectivity index (χ1v) is 8.12. The van der Waals surface area contributed by atoms with Gasteiger partial charge in [-0.15, -0.1) is 0 Å². The van der Waals surface area contributed by atoms with Crippen molar-refractivity contribution in [2.45, 2.75) is 45.2 Å². The van der Waals surface area contributed by atoms with Gasteiger partial charge in [0.1, 0.15) is 5.78 Å². The molecule has 2 nitrogen and oxygen atoms in total. The fourth-order valence-corrected chi connectivity index (χ4v) is 5.40. The molecule has 2 fully saturated rings. The van der Waals surface area contributed by atoms with Gasteiger partial charge in [-0.2, -0.15) is 0 Å². The number of carbonyl (C=O) groups excluding carboxylic acids is 2. The molecule has 0 spiro atoms. The average Bonchev–Trinajstić information content (AvgIpc) is 2.76. The van der Waals surface area contributed by atoms with Crippen molar-refractivity contribution in [2.24, 2.45) is 29.1 Å². The van der Waals surface area contributed by atoms with Crippen molar-refractivity contribution >= 4 is 11.6 Å². The zero-order chi connectivity index (χ0) is 14.8. The standard InChI is InChI=1S/C18H21FO2/c1-18-7-6-11-12(14(18)4-5-17(18)21)3-2-10-8-16(20)15(19)9-13(10)11/h2-3,8,11-15H,4-7,9H2,1H3/t11-,12+,13-,14-,15-,18-/m0/s1. The highest BCUT2D eigenvalue weighted by Gasteiger charge is 2.55. The first-order chi connectivity index (χ1) is 10.0. The monoisotopic (exact) mass is 288 g/mol. The topological polar surface area (TPSA) is 34.1 Å². The fraction of sp³-hybridized carbons (Fsp3) is 0.667. The van der Waals surface area contributed by atoms with Gasteiger partial charge in [-0.1, -0.05) is 19.1 Å². The maximum Gasteiger partial charge on any atom is 0.190 e. The molecule has 0 amide bonds. The van der Waals surface area contributed by atoms with Crippen molar-refractivity contribution < 1.29 is 14.0 Å². The number of hydrogen-bond donors (Lipinski definition) is 0. The lowest BCUT2D eigenvalue weighted by Gasteiger charge is -2.49. The zero-order valence-corrected chi connectivity index (χ0v) is 12.3. The Bertz CT molecular complexity index is 576. The van der Waals surface area contributed by atoms with Gasteiger partial charge < -0.3 is 0 Å². The van der Waals surface area contributed by atoms with E-state index in [4.69, 9.17) is 0 Å². The smallest absolute Gasteiger partial charge is 0.190 e. The second-order valence-electron chi connectivity index (χ2n) is 7.48. The second-order valence-corrected chi connectivity index (χ2v) is 7.48. The molecule has 3 heteroatoms. The Hall–Kier alpha value is -1.25. The highest BCUT2D eigenvalue weighted by molar-refractivity contribution is 5.95. The summed E-state index contributed by atoms with van der Waals surface area (Å²) >= 11 is 0. The summed E-state index contributed by atoms with van der Waals surface area (Å²) in [5, 5.41) is 0. The van der Waals surface area contributed by atoms with Crippen LogP contribution < -0.4 is 0 Å². The van der Waals surface area contributed by atoms with Crippen LogP contribution in [0.1, 0.15) is 39.0 Å². The Morgan fingerprint density at radius 2 is 2.10 bits per heavy atom. The molecule has 0 N–H and O–H groups in total. The summed E-state index contributed by atoms with van der Waals surface area (Å²) in [5.74, 6) is 1.43. The molecule has 0 aromatic carbocycles. The Morgan fingerprint density at radius 1 is 1.29 bits per heavy atom. The third-order valence-electron chi connectivity index (χ3n) is 6.63. The predicted octanol–water partition coefficient (Wildman–Crippen LogP) is 3.42. The molecule has 0 saturated heterocycles. The SMILES string of the molecule is C[C@]12CC[C@H]3[C@@H](C=CC4=CC(=O)[C@@H](F)C[C@@H]43)[C@@H]1CCC2=O. The van der Waals surface area contributed by atoms with Crippen molar-refractivity contribution in [3.8, 4) is 0 Å². The molecule has 0 aromatic heterocycles. The lowest BCUT2D eigenvalue weighted by molar-refractivity contribution is -0.129. The van der Waals surface area contributed by atoms with E-state index in [0.29, 0.717) is 36.4 Å². The van der Waals surface area contributed by atoms with Crippen molar-refractivity contribution in [3.63, 3.8) is 0 Å². The van der Waals surface area contributed by atoms with Crippen LogP contribution in [0.15, 0.2) is 23.8 Å². The summed E-state index contributed by atoms with van der Waals surface area (Å²) in [4.78, 5) is 23.8. The minimum Gasteiger partial charge on any atom is -0.299 e. The second kappa shape index (κ2) is 4.37. The molecule has 112 valence electrons. The quantitative estimate of drug-likeness (QED) is 0.684. The Kier molecular flexibility index (Phi) is 2.79. The van der Waals surface area contributed by atoms with E-state index in [1.165, 1.54) is 6.08 Å². The summed E-state index contributed by atoms with van der Waals surface area (Å²) in [7, 11) is 0. The highest BCUT2D eigenvalue weighted by atomic mass is 19.1. The van der Waals surface area contributed by atoms with Crippen LogP contribution in [0, 0.1) is 29.1 Å². The van der Waals surface area contributed by atoms with Crippen LogP contribution >= 0.6 is 0 Å². The van der Waals surface area contributed by atoms with E-state index in [9.17, 15) is 14.0 Å². The van der Waals surface area contributed by atoms with Gasteiger partial charge in [0, 0.05) is 11.8 Å². The van der Waals surface area contributed by atoms with Gasteiger partial charge in [-0.3, -0.25) is 9.59 Å². The van der Waals surface area contributed by atoms with Gasteiger partial charge in [-0.05, 0) is 61.0 Å².